The maximum absolute atomic E-state index is 12.3. The van der Waals surface area contributed by atoms with E-state index in [-0.39, 0.29) is 0 Å². The van der Waals surface area contributed by atoms with Crippen molar-refractivity contribution in [3.63, 3.8) is 0 Å². The summed E-state index contributed by atoms with van der Waals surface area (Å²) in [6.07, 6.45) is 0. The molecule has 0 bridgehead atoms. The van der Waals surface area contributed by atoms with Gasteiger partial charge >= 0.3 is 146 Å². The average Bonchev–Trinajstić information content (AvgIpc) is 2.45. The van der Waals surface area contributed by atoms with Gasteiger partial charge in [0.2, 0.25) is 0 Å². The minimum absolute atomic E-state index is 2.53. The van der Waals surface area contributed by atoms with Crippen LogP contribution in [0.4, 0.5) is 17.6 Å². The van der Waals surface area contributed by atoms with Crippen LogP contribution in [0.1, 0.15) is 0 Å². The predicted molar refractivity (Wildman–Crippen MR) is 69.7 cm³/mol. The fourth-order valence-corrected chi connectivity index (χ4v) is 19.3. The molecular weight excluding hydrogens is 563 g/mol. The molecule has 0 heterocycles. The van der Waals surface area contributed by atoms with E-state index in [0.29, 0.717) is 0 Å². The number of hydrogen-bond acceptors (Lipinski definition) is 12. The Morgan fingerprint density at radius 1 is 0.480 bits per heavy atom. The Kier molecular flexibility index (Phi) is 8.95. The molecule has 25 heavy (non-hydrogen) atoms. The average molecular weight is 571 g/mol. The second-order valence-electron chi connectivity index (χ2n) is 3.50. The molecule has 0 aromatic carbocycles. The quantitative estimate of drug-likeness (QED) is 0.197. The summed E-state index contributed by atoms with van der Waals surface area (Å²) in [6.45, 7) is 0. The summed E-state index contributed by atoms with van der Waals surface area (Å²) in [5.41, 5.74) is 0. The van der Waals surface area contributed by atoms with Gasteiger partial charge in [0.1, 0.15) is 0 Å². The number of alkyl halides is 4. The second-order valence-corrected chi connectivity index (χ2v) is 18.1. The molecule has 0 aliphatic rings. The Balaban J connectivity index is 6.48. The van der Waals surface area contributed by atoms with Gasteiger partial charge in [-0.25, -0.2) is 0 Å². The third-order valence-electron chi connectivity index (χ3n) is 1.45. The summed E-state index contributed by atoms with van der Waals surface area (Å²) in [4.78, 5) is 0. The summed E-state index contributed by atoms with van der Waals surface area (Å²) in [5, 5.41) is 0. The van der Waals surface area contributed by atoms with Crippen molar-refractivity contribution in [3.8, 4) is 0 Å². The SMILES string of the molecule is O=S(=O)(CF)[O][Sn]([O]S(=O)(=O)CF)([O]S(=O)(=O)CF)[O]S(=O)(=O)CF. The second kappa shape index (κ2) is 8.90. The molecule has 0 rings (SSSR count). The molecule has 0 fully saturated rings. The van der Waals surface area contributed by atoms with Gasteiger partial charge in [0, 0.05) is 0 Å². The van der Waals surface area contributed by atoms with Crippen LogP contribution in [0.5, 0.6) is 0 Å². The summed E-state index contributed by atoms with van der Waals surface area (Å²) in [7, 11) is -22.5. The third-order valence-corrected chi connectivity index (χ3v) is 20.0. The van der Waals surface area contributed by atoms with E-state index in [1.54, 1.807) is 0 Å². The van der Waals surface area contributed by atoms with Gasteiger partial charge in [0.25, 0.3) is 0 Å². The molecule has 0 spiro atoms. The van der Waals surface area contributed by atoms with E-state index in [0.717, 1.165) is 0 Å². The van der Waals surface area contributed by atoms with Crippen LogP contribution in [0.15, 0.2) is 0 Å². The fourth-order valence-electron chi connectivity index (χ4n) is 0.794. The van der Waals surface area contributed by atoms with E-state index in [1.165, 1.54) is 0 Å². The molecule has 0 aromatic heterocycles. The van der Waals surface area contributed by atoms with E-state index < -0.39 is 84.5 Å². The van der Waals surface area contributed by atoms with Crippen molar-refractivity contribution in [1.29, 1.82) is 0 Å². The molecule has 0 aliphatic carbocycles. The summed E-state index contributed by atoms with van der Waals surface area (Å²) in [5.74, 6) is 0. The van der Waals surface area contributed by atoms with Gasteiger partial charge in [-0.15, -0.1) is 0 Å². The number of rotatable bonds is 12. The monoisotopic (exact) mass is 572 g/mol. The zero-order chi connectivity index (χ0) is 20.2. The zero-order valence-electron chi connectivity index (χ0n) is 11.4. The van der Waals surface area contributed by atoms with E-state index >= 15 is 0 Å². The van der Waals surface area contributed by atoms with Crippen molar-refractivity contribution < 1.29 is 61.3 Å². The van der Waals surface area contributed by atoms with Crippen molar-refractivity contribution in [2.24, 2.45) is 0 Å². The molecule has 152 valence electrons. The Labute approximate surface area is 145 Å². The van der Waals surface area contributed by atoms with Gasteiger partial charge in [0.15, 0.2) is 0 Å². The van der Waals surface area contributed by atoms with Crippen LogP contribution in [0, 0.1) is 0 Å². The first kappa shape index (κ1) is 25.2. The van der Waals surface area contributed by atoms with Gasteiger partial charge < -0.3 is 0 Å². The first-order chi connectivity index (χ1) is 11.1. The Morgan fingerprint density at radius 3 is 0.760 bits per heavy atom. The van der Waals surface area contributed by atoms with Gasteiger partial charge in [-0.3, -0.25) is 0 Å². The molecular formula is C4H8F4O12S4Sn. The van der Waals surface area contributed by atoms with Crippen LogP contribution in [-0.4, -0.2) is 77.7 Å². The van der Waals surface area contributed by atoms with Crippen LogP contribution < -0.4 is 0 Å². The van der Waals surface area contributed by atoms with Crippen LogP contribution in [0.2, 0.25) is 0 Å². The zero-order valence-corrected chi connectivity index (χ0v) is 17.5. The molecule has 0 N–H and O–H groups in total. The Morgan fingerprint density at radius 2 is 0.640 bits per heavy atom. The first-order valence-electron chi connectivity index (χ1n) is 5.04. The molecule has 0 unspecified atom stereocenters. The van der Waals surface area contributed by atoms with Crippen molar-refractivity contribution in [1.82, 2.24) is 0 Å². The summed E-state index contributed by atoms with van der Waals surface area (Å²) < 4.78 is 152. The van der Waals surface area contributed by atoms with Crippen molar-refractivity contribution in [2.75, 3.05) is 24.0 Å². The molecule has 0 saturated carbocycles. The van der Waals surface area contributed by atoms with E-state index in [2.05, 4.69) is 10.1 Å². The van der Waals surface area contributed by atoms with Crippen LogP contribution in [-0.2, 0) is 50.6 Å². The predicted octanol–water partition coefficient (Wildman–Crippen LogP) is -1.48. The van der Waals surface area contributed by atoms with Crippen molar-refractivity contribution in [2.45, 2.75) is 0 Å². The number of hydrogen-bond donors (Lipinski definition) is 0. The van der Waals surface area contributed by atoms with Crippen LogP contribution in [0.3, 0.4) is 0 Å². The standard InChI is InChI=1S/4CH3FO3S.Sn/c4*2-1-6(3,4)5;/h4*1H2,(H,3,4,5);/q;;;;+4/p-4. The summed E-state index contributed by atoms with van der Waals surface area (Å²) >= 11 is -7.69. The Bertz CT molecular complexity index is 713. The van der Waals surface area contributed by atoms with Gasteiger partial charge in [-0.1, -0.05) is 0 Å². The molecule has 0 atom stereocenters. The van der Waals surface area contributed by atoms with Crippen LogP contribution >= 0.6 is 0 Å². The number of halogens is 4. The topological polar surface area (TPSA) is 173 Å². The van der Waals surface area contributed by atoms with Gasteiger partial charge in [-0.2, -0.15) is 0 Å². The molecule has 0 aliphatic heterocycles. The van der Waals surface area contributed by atoms with Gasteiger partial charge in [-0.05, 0) is 0 Å². The fraction of sp³-hybridized carbons (Fsp3) is 1.00. The first-order valence-corrected chi connectivity index (χ1v) is 16.0. The molecule has 21 heteroatoms. The van der Waals surface area contributed by atoms with Crippen molar-refractivity contribution in [3.05, 3.63) is 0 Å². The minimum atomic E-state index is -7.69. The summed E-state index contributed by atoms with van der Waals surface area (Å²) in [6, 6.07) is -10.1. The molecule has 0 saturated heterocycles. The Hall–Kier alpha value is 0.159. The normalized spacial score (nSPS) is 14.6. The van der Waals surface area contributed by atoms with E-state index in [9.17, 15) is 51.2 Å². The molecule has 0 amide bonds. The van der Waals surface area contributed by atoms with E-state index in [1.807, 2.05) is 0 Å². The molecule has 0 radical (unpaired) electrons. The third kappa shape index (κ3) is 9.07. The molecule has 12 nitrogen and oxygen atoms in total. The van der Waals surface area contributed by atoms with Crippen molar-refractivity contribution >= 4 is 60.5 Å². The van der Waals surface area contributed by atoms with E-state index in [4.69, 9.17) is 0 Å². The maximum atomic E-state index is 12.3. The van der Waals surface area contributed by atoms with Crippen LogP contribution in [0.25, 0.3) is 0 Å². The molecule has 0 aromatic rings. The van der Waals surface area contributed by atoms with Gasteiger partial charge in [0.05, 0.1) is 0 Å².